The third-order valence-electron chi connectivity index (χ3n) is 8.93. The first kappa shape index (κ1) is 25.6. The summed E-state index contributed by atoms with van der Waals surface area (Å²) in [6.07, 6.45) is 0. The molecule has 43 heavy (non-hydrogen) atoms. The largest absolute Gasteiger partial charge is 0.309 e. The molecule has 8 aromatic rings. The number of nitrogens with zero attached hydrogens (tertiary/aromatic N) is 1. The Morgan fingerprint density at radius 1 is 0.395 bits per heavy atom. The van der Waals surface area contributed by atoms with Gasteiger partial charge >= 0.3 is 0 Å². The van der Waals surface area contributed by atoms with Gasteiger partial charge in [0.2, 0.25) is 0 Å². The molecule has 0 atom stereocenters. The van der Waals surface area contributed by atoms with Gasteiger partial charge < -0.3 is 4.57 Å². The highest BCUT2D eigenvalue weighted by atomic mass is 15.0. The van der Waals surface area contributed by atoms with Gasteiger partial charge in [0.1, 0.15) is 0 Å². The predicted molar refractivity (Wildman–Crippen MR) is 185 cm³/mol. The Balaban J connectivity index is 1.38. The van der Waals surface area contributed by atoms with Crippen LogP contribution in [-0.4, -0.2) is 4.57 Å². The third kappa shape index (κ3) is 4.00. The third-order valence-corrected chi connectivity index (χ3v) is 8.93. The van der Waals surface area contributed by atoms with E-state index >= 15 is 0 Å². The molecule has 1 nitrogen and oxygen atoms in total. The normalized spacial score (nSPS) is 12.1. The fraction of sp³-hybridized carbons (Fsp3) is 0.0952. The molecule has 0 radical (unpaired) electrons. The summed E-state index contributed by atoms with van der Waals surface area (Å²) in [5.74, 6) is 0. The number of hydrogen-bond acceptors (Lipinski definition) is 0. The van der Waals surface area contributed by atoms with Crippen molar-refractivity contribution in [2.45, 2.75) is 26.2 Å². The standard InChI is InChI=1S/C42H33N/c1-42(2,3)37-21-11-8-20-36(37)41-34-18-6-4-16-32(34)40(33-17-5-7-19-35(33)41)28-24-26-29(27-25-28)43-38-22-12-9-14-30(38)31-15-10-13-23-39(31)43/h4-27H,1-3H3. The molecule has 0 bridgehead atoms. The van der Waals surface area contributed by atoms with Crippen molar-refractivity contribution in [3.63, 3.8) is 0 Å². The van der Waals surface area contributed by atoms with Crippen molar-refractivity contribution < 1.29 is 0 Å². The molecule has 0 aliphatic heterocycles. The summed E-state index contributed by atoms with van der Waals surface area (Å²) in [6.45, 7) is 6.93. The van der Waals surface area contributed by atoms with E-state index in [9.17, 15) is 0 Å². The van der Waals surface area contributed by atoms with E-state index < -0.39 is 0 Å². The minimum atomic E-state index is 0.0279. The smallest absolute Gasteiger partial charge is 0.0541 e. The predicted octanol–water partition coefficient (Wildman–Crippen LogP) is 11.7. The first-order chi connectivity index (χ1) is 21.0. The second-order valence-corrected chi connectivity index (χ2v) is 12.6. The summed E-state index contributed by atoms with van der Waals surface area (Å²) in [5, 5.41) is 7.71. The van der Waals surface area contributed by atoms with Crippen molar-refractivity contribution in [1.82, 2.24) is 4.57 Å². The van der Waals surface area contributed by atoms with Crippen molar-refractivity contribution >= 4 is 43.4 Å². The van der Waals surface area contributed by atoms with Crippen molar-refractivity contribution in [2.75, 3.05) is 0 Å². The van der Waals surface area contributed by atoms with Crippen LogP contribution < -0.4 is 0 Å². The molecule has 0 saturated heterocycles. The average Bonchev–Trinajstić information content (AvgIpc) is 3.38. The number of para-hydroxylation sites is 2. The Hall–Kier alpha value is -5.14. The van der Waals surface area contributed by atoms with Crippen LogP contribution in [0.5, 0.6) is 0 Å². The number of rotatable bonds is 3. The molecule has 0 aliphatic rings. The van der Waals surface area contributed by atoms with Crippen LogP contribution in [0.1, 0.15) is 26.3 Å². The molecule has 0 spiro atoms. The van der Waals surface area contributed by atoms with Crippen LogP contribution in [0, 0.1) is 0 Å². The zero-order valence-electron chi connectivity index (χ0n) is 24.8. The van der Waals surface area contributed by atoms with Gasteiger partial charge in [-0.1, -0.05) is 142 Å². The molecule has 7 aromatic carbocycles. The van der Waals surface area contributed by atoms with E-state index in [0.29, 0.717) is 0 Å². The number of aromatic nitrogens is 1. The van der Waals surface area contributed by atoms with Crippen LogP contribution in [0.3, 0.4) is 0 Å². The Labute approximate surface area is 252 Å². The first-order valence-corrected chi connectivity index (χ1v) is 15.1. The van der Waals surface area contributed by atoms with Gasteiger partial charge in [-0.3, -0.25) is 0 Å². The summed E-state index contributed by atoms with van der Waals surface area (Å²) >= 11 is 0. The molecule has 8 rings (SSSR count). The van der Waals surface area contributed by atoms with Crippen LogP contribution in [0.4, 0.5) is 0 Å². The van der Waals surface area contributed by atoms with Crippen LogP contribution in [0.25, 0.3) is 71.3 Å². The van der Waals surface area contributed by atoms with E-state index in [1.165, 1.54) is 76.9 Å². The highest BCUT2D eigenvalue weighted by molar-refractivity contribution is 6.21. The molecule has 0 saturated carbocycles. The van der Waals surface area contributed by atoms with Crippen LogP contribution in [0.2, 0.25) is 0 Å². The van der Waals surface area contributed by atoms with Crippen LogP contribution in [-0.2, 0) is 5.41 Å². The maximum Gasteiger partial charge on any atom is 0.0541 e. The van der Waals surface area contributed by atoms with E-state index in [1.807, 2.05) is 0 Å². The van der Waals surface area contributed by atoms with Gasteiger partial charge in [0, 0.05) is 16.5 Å². The van der Waals surface area contributed by atoms with E-state index in [4.69, 9.17) is 0 Å². The fourth-order valence-corrected chi connectivity index (χ4v) is 7.06. The first-order valence-electron chi connectivity index (χ1n) is 15.1. The lowest BCUT2D eigenvalue weighted by atomic mass is 9.78. The Bertz CT molecular complexity index is 2200. The maximum atomic E-state index is 2.39. The summed E-state index contributed by atoms with van der Waals surface area (Å²) in [4.78, 5) is 0. The average molecular weight is 552 g/mol. The minimum Gasteiger partial charge on any atom is -0.309 e. The van der Waals surface area contributed by atoms with E-state index in [1.54, 1.807) is 0 Å². The lowest BCUT2D eigenvalue weighted by Gasteiger charge is -2.25. The number of hydrogen-bond donors (Lipinski definition) is 0. The molecular formula is C42H33N. The summed E-state index contributed by atoms with van der Waals surface area (Å²) < 4.78 is 2.39. The van der Waals surface area contributed by atoms with E-state index in [2.05, 4.69) is 171 Å². The molecule has 0 amide bonds. The molecule has 1 aromatic heterocycles. The molecule has 0 N–H and O–H groups in total. The maximum absolute atomic E-state index is 2.39. The quantitative estimate of drug-likeness (QED) is 0.192. The van der Waals surface area contributed by atoms with Crippen LogP contribution in [0.15, 0.2) is 146 Å². The summed E-state index contributed by atoms with van der Waals surface area (Å²) in [7, 11) is 0. The molecular weight excluding hydrogens is 518 g/mol. The highest BCUT2D eigenvalue weighted by Crippen LogP contribution is 2.46. The summed E-state index contributed by atoms with van der Waals surface area (Å²) in [5.41, 5.74) is 10.2. The second-order valence-electron chi connectivity index (χ2n) is 12.6. The Morgan fingerprint density at radius 3 is 1.33 bits per heavy atom. The molecule has 0 unspecified atom stereocenters. The molecule has 206 valence electrons. The van der Waals surface area contributed by atoms with E-state index in [0.717, 1.165) is 0 Å². The van der Waals surface area contributed by atoms with E-state index in [-0.39, 0.29) is 5.41 Å². The molecule has 0 aliphatic carbocycles. The van der Waals surface area contributed by atoms with Gasteiger partial charge in [-0.15, -0.1) is 0 Å². The number of fused-ring (bicyclic) bond motifs is 5. The minimum absolute atomic E-state index is 0.0279. The van der Waals surface area contributed by atoms with Crippen molar-refractivity contribution in [3.8, 4) is 27.9 Å². The number of benzene rings is 7. The fourth-order valence-electron chi connectivity index (χ4n) is 7.06. The highest BCUT2D eigenvalue weighted by Gasteiger charge is 2.23. The molecule has 1 heterocycles. The van der Waals surface area contributed by atoms with Crippen molar-refractivity contribution in [1.29, 1.82) is 0 Å². The van der Waals surface area contributed by atoms with Gasteiger partial charge in [0.15, 0.2) is 0 Å². The lowest BCUT2D eigenvalue weighted by molar-refractivity contribution is 0.592. The lowest BCUT2D eigenvalue weighted by Crippen LogP contribution is -2.12. The van der Waals surface area contributed by atoms with Crippen LogP contribution >= 0.6 is 0 Å². The Kier molecular flexibility index (Phi) is 5.77. The van der Waals surface area contributed by atoms with Gasteiger partial charge in [0.25, 0.3) is 0 Å². The van der Waals surface area contributed by atoms with Gasteiger partial charge in [0.05, 0.1) is 11.0 Å². The summed E-state index contributed by atoms with van der Waals surface area (Å²) in [6, 6.07) is 53.4. The molecule has 1 heteroatoms. The van der Waals surface area contributed by atoms with Crippen molar-refractivity contribution in [2.24, 2.45) is 0 Å². The van der Waals surface area contributed by atoms with Crippen molar-refractivity contribution in [3.05, 3.63) is 151 Å². The zero-order chi connectivity index (χ0) is 29.1. The van der Waals surface area contributed by atoms with Gasteiger partial charge in [-0.25, -0.2) is 0 Å². The SMILES string of the molecule is CC(C)(C)c1ccccc1-c1c2ccccc2c(-c2ccc(-n3c4ccccc4c4ccccc43)cc2)c2ccccc12. The Morgan fingerprint density at radius 2 is 0.814 bits per heavy atom. The van der Waals surface area contributed by atoms with Gasteiger partial charge in [-0.2, -0.15) is 0 Å². The van der Waals surface area contributed by atoms with Gasteiger partial charge in [-0.05, 0) is 79.0 Å². The zero-order valence-corrected chi connectivity index (χ0v) is 24.8. The second kappa shape index (κ2) is 9.71. The topological polar surface area (TPSA) is 4.93 Å². The monoisotopic (exact) mass is 551 g/mol. The molecule has 0 fully saturated rings.